The lowest BCUT2D eigenvalue weighted by Gasteiger charge is -2.21. The standard InChI is InChI=1S/C26H26N4O3S/c1-19-9-8-13-22(17-19)30-16-15-27-25(30)23(18-21-11-4-3-5-12-21)28-26(31)29-34(32,33)24-14-7-6-10-20(24)2/h3-17,23H,18H2,1-2H3,(H2,28,29,31). The average Bonchev–Trinajstić information content (AvgIpc) is 3.29. The molecule has 4 aromatic rings. The number of nitrogens with one attached hydrogen (secondary N) is 2. The van der Waals surface area contributed by atoms with Gasteiger partial charge >= 0.3 is 6.03 Å². The lowest BCUT2D eigenvalue weighted by molar-refractivity contribution is 0.241. The van der Waals surface area contributed by atoms with Crippen molar-refractivity contribution in [2.24, 2.45) is 0 Å². The molecular formula is C26H26N4O3S. The lowest BCUT2D eigenvalue weighted by Crippen LogP contribution is -2.42. The number of aryl methyl sites for hydroxylation is 2. The van der Waals surface area contributed by atoms with E-state index in [1.165, 1.54) is 6.07 Å². The first-order valence-corrected chi connectivity index (χ1v) is 12.3. The maximum Gasteiger partial charge on any atom is 0.329 e. The molecule has 8 heteroatoms. The predicted molar refractivity (Wildman–Crippen MR) is 131 cm³/mol. The quantitative estimate of drug-likeness (QED) is 0.414. The minimum Gasteiger partial charge on any atom is -0.327 e. The fraction of sp³-hybridized carbons (Fsp3) is 0.154. The number of hydrogen-bond acceptors (Lipinski definition) is 4. The molecule has 1 aromatic heterocycles. The maximum atomic E-state index is 12.9. The Bertz CT molecular complexity index is 1400. The van der Waals surface area contributed by atoms with E-state index in [0.717, 1.165) is 16.8 Å². The summed E-state index contributed by atoms with van der Waals surface area (Å²) in [6.45, 7) is 3.69. The molecule has 1 heterocycles. The van der Waals surface area contributed by atoms with Gasteiger partial charge in [0.05, 0.1) is 10.9 Å². The van der Waals surface area contributed by atoms with E-state index in [1.54, 1.807) is 31.3 Å². The number of amides is 2. The molecule has 2 N–H and O–H groups in total. The van der Waals surface area contributed by atoms with Crippen molar-refractivity contribution in [3.05, 3.63) is 114 Å². The number of benzene rings is 3. The zero-order chi connectivity index (χ0) is 24.1. The van der Waals surface area contributed by atoms with Crippen LogP contribution in [0.1, 0.15) is 28.6 Å². The molecule has 0 aliphatic carbocycles. The molecule has 0 fully saturated rings. The highest BCUT2D eigenvalue weighted by molar-refractivity contribution is 7.90. The first kappa shape index (κ1) is 23.3. The Morgan fingerprint density at radius 1 is 0.971 bits per heavy atom. The number of nitrogens with zero attached hydrogens (tertiary/aromatic N) is 2. The van der Waals surface area contributed by atoms with Gasteiger partial charge in [0.25, 0.3) is 10.0 Å². The summed E-state index contributed by atoms with van der Waals surface area (Å²) in [6.07, 6.45) is 3.92. The second kappa shape index (κ2) is 9.93. The average molecular weight is 475 g/mol. The Kier molecular flexibility index (Phi) is 6.79. The van der Waals surface area contributed by atoms with Crippen LogP contribution < -0.4 is 10.0 Å². The largest absolute Gasteiger partial charge is 0.329 e. The Morgan fingerprint density at radius 2 is 1.71 bits per heavy atom. The normalized spacial score (nSPS) is 12.2. The lowest BCUT2D eigenvalue weighted by atomic mass is 10.1. The first-order chi connectivity index (χ1) is 16.3. The molecule has 0 aliphatic rings. The smallest absolute Gasteiger partial charge is 0.327 e. The van der Waals surface area contributed by atoms with Crippen molar-refractivity contribution >= 4 is 16.1 Å². The van der Waals surface area contributed by atoms with E-state index < -0.39 is 22.1 Å². The molecule has 3 aromatic carbocycles. The van der Waals surface area contributed by atoms with E-state index in [-0.39, 0.29) is 4.90 Å². The molecule has 7 nitrogen and oxygen atoms in total. The topological polar surface area (TPSA) is 93.1 Å². The molecule has 0 saturated heterocycles. The van der Waals surface area contributed by atoms with Gasteiger partial charge in [0.2, 0.25) is 0 Å². The third kappa shape index (κ3) is 5.35. The SMILES string of the molecule is Cc1cccc(-n2ccnc2C(Cc2ccccc2)NC(=O)NS(=O)(=O)c2ccccc2C)c1. The molecule has 34 heavy (non-hydrogen) atoms. The fourth-order valence-corrected chi connectivity index (χ4v) is 5.01. The summed E-state index contributed by atoms with van der Waals surface area (Å²) in [5.41, 5.74) is 3.53. The number of carbonyl (C=O) groups excluding carboxylic acids is 1. The van der Waals surface area contributed by atoms with Gasteiger partial charge in [0, 0.05) is 18.1 Å². The molecule has 0 spiro atoms. The highest BCUT2D eigenvalue weighted by atomic mass is 32.2. The van der Waals surface area contributed by atoms with Gasteiger partial charge in [-0.15, -0.1) is 0 Å². The highest BCUT2D eigenvalue weighted by Crippen LogP contribution is 2.22. The second-order valence-corrected chi connectivity index (χ2v) is 9.73. The predicted octanol–water partition coefficient (Wildman–Crippen LogP) is 4.46. The molecule has 4 rings (SSSR count). The van der Waals surface area contributed by atoms with Crippen molar-refractivity contribution in [2.45, 2.75) is 31.2 Å². The summed E-state index contributed by atoms with van der Waals surface area (Å²) in [5.74, 6) is 0.595. The van der Waals surface area contributed by atoms with Crippen molar-refractivity contribution < 1.29 is 13.2 Å². The molecule has 174 valence electrons. The number of rotatable bonds is 7. The van der Waals surface area contributed by atoms with E-state index in [1.807, 2.05) is 72.3 Å². The molecule has 1 atom stereocenters. The van der Waals surface area contributed by atoms with Crippen molar-refractivity contribution in [3.63, 3.8) is 0 Å². The number of urea groups is 1. The molecule has 1 unspecified atom stereocenters. The summed E-state index contributed by atoms with van der Waals surface area (Å²) in [7, 11) is -4.03. The number of sulfonamides is 1. The molecule has 2 amide bonds. The van der Waals surface area contributed by atoms with Crippen LogP contribution in [-0.4, -0.2) is 24.0 Å². The van der Waals surface area contributed by atoms with Gasteiger partial charge in [0.15, 0.2) is 0 Å². The summed E-state index contributed by atoms with van der Waals surface area (Å²) < 4.78 is 29.7. The third-order valence-corrected chi connectivity index (χ3v) is 6.95. The van der Waals surface area contributed by atoms with Crippen molar-refractivity contribution in [2.75, 3.05) is 0 Å². The number of hydrogen-bond donors (Lipinski definition) is 2. The Hall–Kier alpha value is -3.91. The Labute approximate surface area is 199 Å². The summed E-state index contributed by atoms with van der Waals surface area (Å²) in [6, 6.07) is 22.7. The monoisotopic (exact) mass is 474 g/mol. The van der Waals surface area contributed by atoms with Gasteiger partial charge < -0.3 is 9.88 Å². The zero-order valence-corrected chi connectivity index (χ0v) is 19.8. The van der Waals surface area contributed by atoms with Gasteiger partial charge in [-0.1, -0.05) is 60.7 Å². The van der Waals surface area contributed by atoms with Crippen molar-refractivity contribution in [1.29, 1.82) is 0 Å². The zero-order valence-electron chi connectivity index (χ0n) is 19.0. The van der Waals surface area contributed by atoms with Crippen LogP contribution in [0.25, 0.3) is 5.69 Å². The van der Waals surface area contributed by atoms with Crippen LogP contribution in [0.4, 0.5) is 4.79 Å². The van der Waals surface area contributed by atoms with Crippen LogP contribution in [0.15, 0.2) is 96.2 Å². The Morgan fingerprint density at radius 3 is 2.44 bits per heavy atom. The number of imidazole rings is 1. The summed E-state index contributed by atoms with van der Waals surface area (Å²) >= 11 is 0. The van der Waals surface area contributed by atoms with E-state index in [9.17, 15) is 13.2 Å². The van der Waals surface area contributed by atoms with Crippen LogP contribution >= 0.6 is 0 Å². The third-order valence-electron chi connectivity index (χ3n) is 5.46. The molecular weight excluding hydrogens is 448 g/mol. The summed E-state index contributed by atoms with van der Waals surface area (Å²) in [4.78, 5) is 17.5. The van der Waals surface area contributed by atoms with Gasteiger partial charge in [-0.2, -0.15) is 0 Å². The maximum absolute atomic E-state index is 12.9. The minimum absolute atomic E-state index is 0.0611. The van der Waals surface area contributed by atoms with Gasteiger partial charge in [0.1, 0.15) is 5.82 Å². The number of carbonyl (C=O) groups is 1. The van der Waals surface area contributed by atoms with Crippen LogP contribution in [0.2, 0.25) is 0 Å². The summed E-state index contributed by atoms with van der Waals surface area (Å²) in [5, 5.41) is 2.83. The van der Waals surface area contributed by atoms with Crippen molar-refractivity contribution in [1.82, 2.24) is 19.6 Å². The van der Waals surface area contributed by atoms with Gasteiger partial charge in [-0.25, -0.2) is 22.9 Å². The van der Waals surface area contributed by atoms with Crippen LogP contribution in [0.3, 0.4) is 0 Å². The van der Waals surface area contributed by atoms with Crippen LogP contribution in [0, 0.1) is 13.8 Å². The van der Waals surface area contributed by atoms with E-state index >= 15 is 0 Å². The fourth-order valence-electron chi connectivity index (χ4n) is 3.85. The van der Waals surface area contributed by atoms with E-state index in [4.69, 9.17) is 0 Å². The minimum atomic E-state index is -4.03. The molecule has 0 saturated carbocycles. The highest BCUT2D eigenvalue weighted by Gasteiger charge is 2.25. The molecule has 0 aliphatic heterocycles. The van der Waals surface area contributed by atoms with Gasteiger partial charge in [-0.3, -0.25) is 0 Å². The van der Waals surface area contributed by atoms with Crippen LogP contribution in [0.5, 0.6) is 0 Å². The Balaban J connectivity index is 1.64. The second-order valence-electron chi connectivity index (χ2n) is 8.08. The van der Waals surface area contributed by atoms with Crippen molar-refractivity contribution in [3.8, 4) is 5.69 Å². The number of aromatic nitrogens is 2. The molecule has 0 radical (unpaired) electrons. The van der Waals surface area contributed by atoms with Gasteiger partial charge in [-0.05, 0) is 55.2 Å². The van der Waals surface area contributed by atoms with Crippen LogP contribution in [-0.2, 0) is 16.4 Å². The van der Waals surface area contributed by atoms with E-state index in [0.29, 0.717) is 17.8 Å². The van der Waals surface area contributed by atoms with E-state index in [2.05, 4.69) is 15.0 Å². The molecule has 0 bridgehead atoms. The first-order valence-electron chi connectivity index (χ1n) is 10.9.